The van der Waals surface area contributed by atoms with Crippen molar-refractivity contribution >= 4 is 34.0 Å². The molecule has 3 aromatic heterocycles. The number of hydrogen-bond acceptors (Lipinski definition) is 4. The molecule has 0 N–H and O–H groups in total. The molecule has 6 rings (SSSR count). The van der Waals surface area contributed by atoms with Gasteiger partial charge in [-0.3, -0.25) is 0 Å². The Kier molecular flexibility index (Phi) is 5.30. The van der Waals surface area contributed by atoms with Crippen LogP contribution in [-0.4, -0.2) is 15.7 Å². The van der Waals surface area contributed by atoms with E-state index in [-0.39, 0.29) is 48.8 Å². The Hall–Kier alpha value is -3.14. The minimum atomic E-state index is -2.77. The minimum Gasteiger partial charge on any atom is -0.501 e. The fourth-order valence-electron chi connectivity index (χ4n) is 4.27. The summed E-state index contributed by atoms with van der Waals surface area (Å²) in [6.45, 7) is -1.23. The molecule has 0 saturated carbocycles. The van der Waals surface area contributed by atoms with E-state index >= 15 is 0 Å². The molecule has 0 bridgehead atoms. The Morgan fingerprint density at radius 3 is 3.00 bits per heavy atom. The smallest absolute Gasteiger partial charge is 0.213 e. The fraction of sp³-hybridized carbons (Fsp3) is 0.343. The minimum absolute atomic E-state index is 0. The van der Waals surface area contributed by atoms with Crippen LogP contribution in [0, 0.1) is 32.4 Å². The van der Waals surface area contributed by atoms with Crippen LogP contribution in [0.5, 0.6) is 0 Å². The number of aryl methyl sites for hydroxylation is 1. The second-order valence-corrected chi connectivity index (χ2v) is 9.11. The van der Waals surface area contributed by atoms with Crippen LogP contribution >= 0.6 is 0 Å². The maximum Gasteiger partial charge on any atom is 0.213 e. The van der Waals surface area contributed by atoms with E-state index in [4.69, 9.17) is 26.3 Å². The van der Waals surface area contributed by atoms with Gasteiger partial charge < -0.3 is 14.4 Å². The Balaban J connectivity index is 0.000000258. The average molecular weight is 726 g/mol. The third-order valence-electron chi connectivity index (χ3n) is 6.36. The van der Waals surface area contributed by atoms with Crippen molar-refractivity contribution < 1.29 is 46.5 Å². The van der Waals surface area contributed by atoms with Gasteiger partial charge >= 0.3 is 0 Å². The maximum absolute atomic E-state index is 8.73. The van der Waals surface area contributed by atoms with E-state index in [1.807, 2.05) is 12.5 Å². The molecule has 4 atom stereocenters. The maximum atomic E-state index is 8.73. The molecule has 5 heteroatoms. The molecule has 0 amide bonds. The predicted octanol–water partition coefficient (Wildman–Crippen LogP) is 7.56. The normalized spacial score (nSPS) is 29.9. The first-order valence-electron chi connectivity index (χ1n) is 21.0. The van der Waals surface area contributed by atoms with Gasteiger partial charge in [-0.15, -0.1) is 17.7 Å². The second kappa shape index (κ2) is 14.0. The zero-order chi connectivity index (χ0) is 40.9. The van der Waals surface area contributed by atoms with Gasteiger partial charge in [0.05, 0.1) is 5.48 Å². The third kappa shape index (κ3) is 6.94. The van der Waals surface area contributed by atoms with Crippen LogP contribution in [0.2, 0.25) is 0 Å². The topological polar surface area (TPSA) is 51.3 Å². The molecule has 4 unspecified atom stereocenters. The molecule has 3 aliphatic rings. The first kappa shape index (κ1) is 15.2. The Morgan fingerprint density at radius 2 is 2.15 bits per heavy atom. The number of rotatable bonds is 6. The predicted molar refractivity (Wildman–Crippen MR) is 163 cm³/mol. The summed E-state index contributed by atoms with van der Waals surface area (Å²) >= 11 is 0. The van der Waals surface area contributed by atoms with Crippen molar-refractivity contribution in [3.63, 3.8) is 0 Å². The number of allylic oxidation sites excluding steroid dienone is 5. The number of pyridine rings is 2. The van der Waals surface area contributed by atoms with Crippen molar-refractivity contribution in [2.75, 3.05) is 0 Å². The quantitative estimate of drug-likeness (QED) is 0.247. The van der Waals surface area contributed by atoms with Gasteiger partial charge in [0.1, 0.15) is 0 Å². The molecule has 0 saturated heterocycles. The SMILES string of the molecule is [2H]C1=C(c2nc([2H])c(C([2H])([2H])[2H])c([2H])c2[2H])[CH-]C([2H])C([2H])=C1[2H].[2H]C1C(C([2H])(C)CCCC)=CN=C(C2=c3oc4nc(C([2H])([2H])[2H])ccc4c3=CC[CH-]2)C1[2H].[Ir]. The van der Waals surface area contributed by atoms with Crippen LogP contribution in [-0.2, 0) is 20.1 Å². The van der Waals surface area contributed by atoms with Crippen LogP contribution in [0.25, 0.3) is 28.3 Å². The number of nitrogens with zero attached hydrogens (tertiary/aromatic N) is 3. The van der Waals surface area contributed by atoms with E-state index in [0.29, 0.717) is 40.5 Å². The van der Waals surface area contributed by atoms with Gasteiger partial charge in [0.15, 0.2) is 0 Å². The molecule has 1 aliphatic heterocycles. The molecule has 4 heterocycles. The largest absolute Gasteiger partial charge is 0.501 e. The summed E-state index contributed by atoms with van der Waals surface area (Å²) < 4.78 is 131. The Morgan fingerprint density at radius 1 is 1.23 bits per heavy atom. The van der Waals surface area contributed by atoms with Gasteiger partial charge in [-0.1, -0.05) is 75.3 Å². The van der Waals surface area contributed by atoms with Crippen LogP contribution < -0.4 is 10.6 Å². The summed E-state index contributed by atoms with van der Waals surface area (Å²) in [5, 5.41) is 1.52. The molecule has 2 aliphatic carbocycles. The molecule has 0 spiro atoms. The van der Waals surface area contributed by atoms with Crippen molar-refractivity contribution in [1.82, 2.24) is 9.97 Å². The standard InChI is InChI=1S/C23H27N2O.C12H12N.Ir/c1-4-5-7-15(2)17-11-13-21(24-14-17)20-9-6-8-18-19-12-10-16(3)25-23(19)26-22(18)20;1-10-7-8-12(13-9-10)11-5-3-2-4-6-11;/h8-10,12,14-15H,4-7,11,13H2,1-3H3;2-3,5-9H,4H2,1H3;/q2*-1;/i3D3,11D,13D,15D;1D3,2D,3D,4D,5D,7D,8D,9D;. The number of aliphatic imine (C=N–C) groups is 1. The first-order valence-corrected chi connectivity index (χ1v) is 12.8. The van der Waals surface area contributed by atoms with Gasteiger partial charge in [0, 0.05) is 64.1 Å². The van der Waals surface area contributed by atoms with Crippen molar-refractivity contribution in [2.45, 2.75) is 72.4 Å². The van der Waals surface area contributed by atoms with E-state index < -0.39 is 74.7 Å². The van der Waals surface area contributed by atoms with E-state index in [1.165, 1.54) is 6.07 Å². The third-order valence-corrected chi connectivity index (χ3v) is 6.36. The van der Waals surface area contributed by atoms with Crippen molar-refractivity contribution in [3.05, 3.63) is 101 Å². The average Bonchev–Trinajstić information content (AvgIpc) is 3.48. The van der Waals surface area contributed by atoms with Gasteiger partial charge in [0.25, 0.3) is 0 Å². The zero-order valence-electron chi connectivity index (χ0n) is 38.1. The van der Waals surface area contributed by atoms with Gasteiger partial charge in [-0.05, 0) is 62.4 Å². The van der Waals surface area contributed by atoms with Crippen LogP contribution in [0.4, 0.5) is 0 Å². The number of aromatic nitrogens is 2. The first-order chi connectivity index (χ1) is 25.5. The van der Waals surface area contributed by atoms with Crippen LogP contribution in [0.1, 0.15) is 97.6 Å². The Bertz CT molecular complexity index is 2270. The molecule has 3 aromatic rings. The summed E-state index contributed by atoms with van der Waals surface area (Å²) in [6, 6.07) is 0.599. The molecule has 1 radical (unpaired) electrons. The Labute approximate surface area is 274 Å². The van der Waals surface area contributed by atoms with Crippen molar-refractivity contribution in [3.8, 4) is 0 Å². The summed E-state index contributed by atoms with van der Waals surface area (Å²) in [4.78, 5) is 12.4. The van der Waals surface area contributed by atoms with E-state index in [9.17, 15) is 0 Å². The number of furan rings is 1. The second-order valence-electron chi connectivity index (χ2n) is 9.11. The van der Waals surface area contributed by atoms with E-state index in [0.717, 1.165) is 24.5 Å². The number of fused-ring (bicyclic) bond motifs is 3. The van der Waals surface area contributed by atoms with E-state index in [2.05, 4.69) is 21.9 Å². The molecule has 0 aromatic carbocycles. The summed E-state index contributed by atoms with van der Waals surface area (Å²) in [5.74, 6) is -0.925. The number of hydrogen-bond donors (Lipinski definition) is 0. The molecule has 40 heavy (non-hydrogen) atoms. The zero-order valence-corrected chi connectivity index (χ0v) is 24.5. The molecular formula is C35H39IrN3O-2. The summed E-state index contributed by atoms with van der Waals surface area (Å²) in [5.41, 5.74) is 1.28. The summed E-state index contributed by atoms with van der Waals surface area (Å²) in [6.07, 6.45) is 5.95. The van der Waals surface area contributed by atoms with Gasteiger partial charge in [-0.2, -0.15) is 24.5 Å². The fourth-order valence-corrected chi connectivity index (χ4v) is 4.27. The molecule has 0 fully saturated rings. The van der Waals surface area contributed by atoms with Gasteiger partial charge in [0.2, 0.25) is 5.71 Å². The summed E-state index contributed by atoms with van der Waals surface area (Å²) in [7, 11) is 0. The van der Waals surface area contributed by atoms with Crippen LogP contribution in [0.15, 0.2) is 69.7 Å². The van der Waals surface area contributed by atoms with Crippen molar-refractivity contribution in [2.24, 2.45) is 10.9 Å². The van der Waals surface area contributed by atoms with Gasteiger partial charge in [-0.25, -0.2) is 4.98 Å². The number of unbranched alkanes of at least 4 members (excludes halogenated alkanes) is 1. The van der Waals surface area contributed by atoms with Crippen molar-refractivity contribution in [1.29, 1.82) is 0 Å². The monoisotopic (exact) mass is 726 g/mol. The van der Waals surface area contributed by atoms with Crippen LogP contribution in [0.3, 0.4) is 0 Å². The molecule has 211 valence electrons. The van der Waals surface area contributed by atoms with E-state index in [1.54, 1.807) is 19.2 Å². The molecular weight excluding hydrogens is 671 g/mol. The molecule has 4 nitrogen and oxygen atoms in total.